The molecule has 0 amide bonds. The van der Waals surface area contributed by atoms with Crippen LogP contribution in [0, 0.1) is 16.7 Å². The molecule has 1 unspecified atom stereocenters. The van der Waals surface area contributed by atoms with Crippen molar-refractivity contribution in [2.24, 2.45) is 5.41 Å². The first-order valence-electron chi connectivity index (χ1n) is 5.02. The molecule has 0 rings (SSSR count). The third kappa shape index (κ3) is 4.57. The van der Waals surface area contributed by atoms with E-state index in [4.69, 9.17) is 5.26 Å². The summed E-state index contributed by atoms with van der Waals surface area (Å²) in [5.74, 6) is 0. The normalized spacial score (nSPS) is 16.9. The van der Waals surface area contributed by atoms with Crippen LogP contribution < -0.4 is 5.32 Å². The molecule has 0 aliphatic carbocycles. The number of halogens is 2. The van der Waals surface area contributed by atoms with E-state index in [1.165, 1.54) is 20.8 Å². The van der Waals surface area contributed by atoms with Crippen molar-refractivity contribution in [3.63, 3.8) is 0 Å². The second-order valence-electron chi connectivity index (χ2n) is 5.27. The van der Waals surface area contributed by atoms with Crippen molar-refractivity contribution >= 4 is 0 Å². The average Bonchev–Trinajstić information content (AvgIpc) is 2.01. The van der Waals surface area contributed by atoms with Crippen LogP contribution in [-0.4, -0.2) is 24.4 Å². The Hall–Kier alpha value is -0.690. The first kappa shape index (κ1) is 14.3. The molecule has 0 saturated carbocycles. The lowest BCUT2D eigenvalue weighted by Crippen LogP contribution is -2.49. The molecule has 0 spiro atoms. The highest BCUT2D eigenvalue weighted by Gasteiger charge is 2.41. The Morgan fingerprint density at radius 3 is 1.87 bits per heavy atom. The number of hydrogen-bond acceptors (Lipinski definition) is 2. The SMILES string of the molecule is CC(C)(C#N)CNCC(C)(F)C(C)(C)F. The van der Waals surface area contributed by atoms with Gasteiger partial charge in [-0.3, -0.25) is 0 Å². The summed E-state index contributed by atoms with van der Waals surface area (Å²) in [5, 5.41) is 11.5. The maximum atomic E-state index is 13.8. The molecule has 1 atom stereocenters. The Bertz CT molecular complexity index is 246. The molecule has 0 aromatic rings. The van der Waals surface area contributed by atoms with Gasteiger partial charge in [0.15, 0.2) is 5.67 Å². The molecular formula is C11H20F2N2. The molecule has 4 heteroatoms. The van der Waals surface area contributed by atoms with E-state index >= 15 is 0 Å². The van der Waals surface area contributed by atoms with Gasteiger partial charge in [0, 0.05) is 13.1 Å². The first-order valence-corrected chi connectivity index (χ1v) is 5.02. The lowest BCUT2D eigenvalue weighted by Gasteiger charge is -2.31. The van der Waals surface area contributed by atoms with Gasteiger partial charge < -0.3 is 5.32 Å². The second kappa shape index (κ2) is 4.44. The molecule has 88 valence electrons. The molecular weight excluding hydrogens is 198 g/mol. The van der Waals surface area contributed by atoms with E-state index < -0.39 is 16.8 Å². The molecule has 0 bridgehead atoms. The molecule has 15 heavy (non-hydrogen) atoms. The highest BCUT2D eigenvalue weighted by Crippen LogP contribution is 2.29. The van der Waals surface area contributed by atoms with Gasteiger partial charge in [-0.2, -0.15) is 5.26 Å². The molecule has 0 aliphatic rings. The molecule has 2 nitrogen and oxygen atoms in total. The number of nitrogens with zero attached hydrogens (tertiary/aromatic N) is 1. The fraction of sp³-hybridized carbons (Fsp3) is 0.909. The summed E-state index contributed by atoms with van der Waals surface area (Å²) < 4.78 is 27.1. The fourth-order valence-electron chi connectivity index (χ4n) is 0.859. The van der Waals surface area contributed by atoms with E-state index in [0.29, 0.717) is 6.54 Å². The second-order valence-corrected chi connectivity index (χ2v) is 5.27. The van der Waals surface area contributed by atoms with Crippen LogP contribution in [0.15, 0.2) is 0 Å². The lowest BCUT2D eigenvalue weighted by molar-refractivity contribution is -0.000306. The van der Waals surface area contributed by atoms with Crippen LogP contribution in [0.5, 0.6) is 0 Å². The minimum Gasteiger partial charge on any atom is -0.312 e. The van der Waals surface area contributed by atoms with Gasteiger partial charge in [0.2, 0.25) is 0 Å². The Labute approximate surface area is 90.7 Å². The van der Waals surface area contributed by atoms with Crippen molar-refractivity contribution in [3.05, 3.63) is 0 Å². The molecule has 0 saturated heterocycles. The van der Waals surface area contributed by atoms with Gasteiger partial charge in [-0.25, -0.2) is 8.78 Å². The standard InChI is InChI=1S/C11H20F2N2/c1-9(2,6-14)7-15-8-11(5,13)10(3,4)12/h15H,7-8H2,1-5H3. The van der Waals surface area contributed by atoms with Gasteiger partial charge in [-0.15, -0.1) is 0 Å². The van der Waals surface area contributed by atoms with Crippen LogP contribution in [0.2, 0.25) is 0 Å². The zero-order valence-electron chi connectivity index (χ0n) is 10.1. The Morgan fingerprint density at radius 1 is 1.07 bits per heavy atom. The van der Waals surface area contributed by atoms with Gasteiger partial charge in [-0.05, 0) is 34.6 Å². The van der Waals surface area contributed by atoms with Crippen molar-refractivity contribution in [1.29, 1.82) is 5.26 Å². The van der Waals surface area contributed by atoms with E-state index in [0.717, 1.165) is 0 Å². The van der Waals surface area contributed by atoms with Crippen molar-refractivity contribution in [3.8, 4) is 6.07 Å². The number of nitriles is 1. The molecule has 0 aliphatic heterocycles. The van der Waals surface area contributed by atoms with Gasteiger partial charge in [0.1, 0.15) is 5.67 Å². The molecule has 0 heterocycles. The van der Waals surface area contributed by atoms with Crippen LogP contribution in [0.4, 0.5) is 8.78 Å². The smallest absolute Gasteiger partial charge is 0.153 e. The molecule has 0 aromatic carbocycles. The summed E-state index contributed by atoms with van der Waals surface area (Å²) in [4.78, 5) is 0. The summed E-state index contributed by atoms with van der Waals surface area (Å²) in [7, 11) is 0. The van der Waals surface area contributed by atoms with Gasteiger partial charge >= 0.3 is 0 Å². The van der Waals surface area contributed by atoms with E-state index in [9.17, 15) is 8.78 Å². The number of rotatable bonds is 5. The summed E-state index contributed by atoms with van der Waals surface area (Å²) in [6, 6.07) is 2.09. The maximum absolute atomic E-state index is 13.8. The predicted octanol–water partition coefficient (Wildman–Crippen LogP) is 2.60. The topological polar surface area (TPSA) is 35.8 Å². The molecule has 0 aromatic heterocycles. The van der Waals surface area contributed by atoms with E-state index in [1.54, 1.807) is 13.8 Å². The first-order chi connectivity index (χ1) is 6.52. The summed E-state index contributed by atoms with van der Waals surface area (Å²) in [6.07, 6.45) is 0. The third-order valence-corrected chi connectivity index (χ3v) is 2.57. The summed E-state index contributed by atoms with van der Waals surface area (Å²) >= 11 is 0. The van der Waals surface area contributed by atoms with E-state index in [-0.39, 0.29) is 6.54 Å². The monoisotopic (exact) mass is 218 g/mol. The summed E-state index contributed by atoms with van der Waals surface area (Å²) in [6.45, 7) is 7.39. The lowest BCUT2D eigenvalue weighted by atomic mass is 9.90. The predicted molar refractivity (Wildman–Crippen MR) is 57.0 cm³/mol. The quantitative estimate of drug-likeness (QED) is 0.770. The Morgan fingerprint density at radius 2 is 1.53 bits per heavy atom. The van der Waals surface area contributed by atoms with Gasteiger partial charge in [0.25, 0.3) is 0 Å². The van der Waals surface area contributed by atoms with E-state index in [1.807, 2.05) is 0 Å². The fourth-order valence-corrected chi connectivity index (χ4v) is 0.859. The Balaban J connectivity index is 4.15. The minimum absolute atomic E-state index is 0.0956. The van der Waals surface area contributed by atoms with Crippen LogP contribution in [0.1, 0.15) is 34.6 Å². The van der Waals surface area contributed by atoms with Crippen molar-refractivity contribution < 1.29 is 8.78 Å². The van der Waals surface area contributed by atoms with Crippen LogP contribution in [0.3, 0.4) is 0 Å². The minimum atomic E-state index is -1.93. The average molecular weight is 218 g/mol. The van der Waals surface area contributed by atoms with Crippen LogP contribution in [0.25, 0.3) is 0 Å². The third-order valence-electron chi connectivity index (χ3n) is 2.57. The zero-order valence-corrected chi connectivity index (χ0v) is 10.1. The molecule has 0 fully saturated rings. The van der Waals surface area contributed by atoms with Crippen molar-refractivity contribution in [1.82, 2.24) is 5.32 Å². The number of alkyl halides is 2. The highest BCUT2D eigenvalue weighted by atomic mass is 19.2. The van der Waals surface area contributed by atoms with E-state index in [2.05, 4.69) is 11.4 Å². The molecule has 0 radical (unpaired) electrons. The summed E-state index contributed by atoms with van der Waals surface area (Å²) in [5.41, 5.74) is -4.38. The number of nitrogens with one attached hydrogen (secondary N) is 1. The number of hydrogen-bond donors (Lipinski definition) is 1. The van der Waals surface area contributed by atoms with Crippen LogP contribution in [-0.2, 0) is 0 Å². The molecule has 1 N–H and O–H groups in total. The van der Waals surface area contributed by atoms with Gasteiger partial charge in [0.05, 0.1) is 11.5 Å². The highest BCUT2D eigenvalue weighted by molar-refractivity contribution is 4.96. The van der Waals surface area contributed by atoms with Crippen molar-refractivity contribution in [2.75, 3.05) is 13.1 Å². The zero-order chi connectivity index (χ0) is 12.3. The van der Waals surface area contributed by atoms with Gasteiger partial charge in [-0.1, -0.05) is 0 Å². The largest absolute Gasteiger partial charge is 0.312 e. The maximum Gasteiger partial charge on any atom is 0.153 e. The van der Waals surface area contributed by atoms with Crippen LogP contribution >= 0.6 is 0 Å². The van der Waals surface area contributed by atoms with Crippen molar-refractivity contribution in [2.45, 2.75) is 46.0 Å². The Kier molecular flexibility index (Phi) is 4.24.